The zero-order valence-corrected chi connectivity index (χ0v) is 13.4. The third kappa shape index (κ3) is 5.24. The normalized spacial score (nSPS) is 10.5. The number of ether oxygens (including phenoxy) is 1. The molecule has 0 radical (unpaired) electrons. The lowest BCUT2D eigenvalue weighted by atomic mass is 10.1. The number of carbonyl (C=O) groups is 1. The molecule has 1 N–H and O–H groups in total. The first-order chi connectivity index (χ1) is 10.5. The quantitative estimate of drug-likeness (QED) is 0.884. The number of carbonyl (C=O) groups excluding carboxylic acids is 1. The van der Waals surface area contributed by atoms with Gasteiger partial charge in [-0.05, 0) is 44.0 Å². The van der Waals surface area contributed by atoms with Crippen LogP contribution in [0.25, 0.3) is 0 Å². The van der Waals surface area contributed by atoms with Gasteiger partial charge in [0.25, 0.3) is 0 Å². The Bertz CT molecular complexity index is 600. The summed E-state index contributed by atoms with van der Waals surface area (Å²) in [5.41, 5.74) is 3.30. The second kappa shape index (κ2) is 7.64. The van der Waals surface area contributed by atoms with Gasteiger partial charge in [-0.15, -0.1) is 0 Å². The molecule has 0 saturated carbocycles. The first-order valence-corrected chi connectivity index (χ1v) is 7.61. The van der Waals surface area contributed by atoms with Gasteiger partial charge in [0.15, 0.2) is 0 Å². The van der Waals surface area contributed by atoms with Crippen LogP contribution in [-0.4, -0.2) is 12.0 Å². The lowest BCUT2D eigenvalue weighted by Gasteiger charge is -2.10. The smallest absolute Gasteiger partial charge is 0.224 e. The van der Waals surface area contributed by atoms with Crippen molar-refractivity contribution in [2.75, 3.05) is 0 Å². The van der Waals surface area contributed by atoms with Crippen LogP contribution in [0.5, 0.6) is 5.75 Å². The second-order valence-electron chi connectivity index (χ2n) is 5.75. The van der Waals surface area contributed by atoms with Crippen LogP contribution in [0.3, 0.4) is 0 Å². The molecule has 3 heteroatoms. The summed E-state index contributed by atoms with van der Waals surface area (Å²) in [7, 11) is 0. The summed E-state index contributed by atoms with van der Waals surface area (Å²) in [5, 5.41) is 2.94. The SMILES string of the molecule is Cc1ccc(CC(=O)NCc2ccc(OC(C)C)cc2)cc1. The highest BCUT2D eigenvalue weighted by Crippen LogP contribution is 2.13. The number of aryl methyl sites for hydroxylation is 1. The van der Waals surface area contributed by atoms with Crippen molar-refractivity contribution in [3.63, 3.8) is 0 Å². The molecule has 2 aromatic rings. The van der Waals surface area contributed by atoms with Crippen LogP contribution in [0.4, 0.5) is 0 Å². The molecule has 0 heterocycles. The zero-order valence-electron chi connectivity index (χ0n) is 13.4. The van der Waals surface area contributed by atoms with Crippen molar-refractivity contribution in [1.82, 2.24) is 5.32 Å². The van der Waals surface area contributed by atoms with Gasteiger partial charge in [-0.1, -0.05) is 42.0 Å². The van der Waals surface area contributed by atoms with E-state index < -0.39 is 0 Å². The predicted molar refractivity (Wildman–Crippen MR) is 88.9 cm³/mol. The van der Waals surface area contributed by atoms with E-state index in [1.165, 1.54) is 5.56 Å². The maximum Gasteiger partial charge on any atom is 0.224 e. The third-order valence-corrected chi connectivity index (χ3v) is 3.27. The average molecular weight is 297 g/mol. The van der Waals surface area contributed by atoms with Crippen LogP contribution in [0.2, 0.25) is 0 Å². The maximum atomic E-state index is 11.9. The maximum absolute atomic E-state index is 11.9. The Kier molecular flexibility index (Phi) is 5.59. The second-order valence-corrected chi connectivity index (χ2v) is 5.75. The topological polar surface area (TPSA) is 38.3 Å². The molecular formula is C19H23NO2. The molecule has 3 nitrogen and oxygen atoms in total. The summed E-state index contributed by atoms with van der Waals surface area (Å²) in [6, 6.07) is 15.8. The number of hydrogen-bond acceptors (Lipinski definition) is 2. The highest BCUT2D eigenvalue weighted by molar-refractivity contribution is 5.78. The van der Waals surface area contributed by atoms with Gasteiger partial charge in [0.1, 0.15) is 5.75 Å². The fourth-order valence-corrected chi connectivity index (χ4v) is 2.11. The summed E-state index contributed by atoms with van der Waals surface area (Å²) in [6.07, 6.45) is 0.578. The van der Waals surface area contributed by atoms with Gasteiger partial charge in [-0.25, -0.2) is 0 Å². The molecule has 0 fully saturated rings. The molecule has 0 unspecified atom stereocenters. The molecule has 0 spiro atoms. The molecule has 0 aromatic heterocycles. The molecule has 0 saturated heterocycles. The minimum absolute atomic E-state index is 0.0337. The average Bonchev–Trinajstić information content (AvgIpc) is 2.48. The largest absolute Gasteiger partial charge is 0.491 e. The van der Waals surface area contributed by atoms with E-state index in [0.29, 0.717) is 13.0 Å². The van der Waals surface area contributed by atoms with Gasteiger partial charge in [-0.3, -0.25) is 4.79 Å². The molecule has 1 amide bonds. The summed E-state index contributed by atoms with van der Waals surface area (Å²) in [4.78, 5) is 11.9. The lowest BCUT2D eigenvalue weighted by Crippen LogP contribution is -2.24. The van der Waals surface area contributed by atoms with E-state index in [0.717, 1.165) is 16.9 Å². The monoisotopic (exact) mass is 297 g/mol. The third-order valence-electron chi connectivity index (χ3n) is 3.27. The van der Waals surface area contributed by atoms with Gasteiger partial charge in [0, 0.05) is 6.54 Å². The van der Waals surface area contributed by atoms with Crippen LogP contribution in [0.15, 0.2) is 48.5 Å². The van der Waals surface area contributed by atoms with Crippen LogP contribution in [-0.2, 0) is 17.8 Å². The molecule has 0 aliphatic carbocycles. The number of benzene rings is 2. The van der Waals surface area contributed by atoms with Crippen molar-refractivity contribution in [3.8, 4) is 5.75 Å². The summed E-state index contributed by atoms with van der Waals surface area (Å²) < 4.78 is 5.60. The Hall–Kier alpha value is -2.29. The number of amides is 1. The fourth-order valence-electron chi connectivity index (χ4n) is 2.11. The van der Waals surface area contributed by atoms with Gasteiger partial charge in [0.05, 0.1) is 12.5 Å². The molecule has 2 rings (SSSR count). The number of hydrogen-bond donors (Lipinski definition) is 1. The van der Waals surface area contributed by atoms with E-state index in [2.05, 4.69) is 5.32 Å². The number of nitrogens with one attached hydrogen (secondary N) is 1. The summed E-state index contributed by atoms with van der Waals surface area (Å²) in [6.45, 7) is 6.57. The highest BCUT2D eigenvalue weighted by Gasteiger charge is 2.04. The van der Waals surface area contributed by atoms with E-state index >= 15 is 0 Å². The standard InChI is InChI=1S/C19H23NO2/c1-14(2)22-18-10-8-17(9-11-18)13-20-19(21)12-16-6-4-15(3)5-7-16/h4-11,14H,12-13H2,1-3H3,(H,20,21). The fraction of sp³-hybridized carbons (Fsp3) is 0.316. The van der Waals surface area contributed by atoms with Crippen molar-refractivity contribution < 1.29 is 9.53 Å². The lowest BCUT2D eigenvalue weighted by molar-refractivity contribution is -0.120. The Morgan fingerprint density at radius 1 is 1.00 bits per heavy atom. The van der Waals surface area contributed by atoms with E-state index in [1.807, 2.05) is 69.3 Å². The van der Waals surface area contributed by atoms with E-state index in [4.69, 9.17) is 4.74 Å². The van der Waals surface area contributed by atoms with Crippen LogP contribution in [0, 0.1) is 6.92 Å². The van der Waals surface area contributed by atoms with Gasteiger partial charge in [-0.2, -0.15) is 0 Å². The first kappa shape index (κ1) is 16.1. The Labute approximate surface area is 132 Å². The molecule has 0 aliphatic heterocycles. The number of rotatable bonds is 6. The van der Waals surface area contributed by atoms with Crippen molar-refractivity contribution >= 4 is 5.91 Å². The molecule has 0 atom stereocenters. The van der Waals surface area contributed by atoms with Crippen molar-refractivity contribution in [2.45, 2.75) is 39.8 Å². The predicted octanol–water partition coefficient (Wildman–Crippen LogP) is 3.64. The van der Waals surface area contributed by atoms with Crippen LogP contribution >= 0.6 is 0 Å². The van der Waals surface area contributed by atoms with E-state index in [-0.39, 0.29) is 12.0 Å². The van der Waals surface area contributed by atoms with E-state index in [9.17, 15) is 4.79 Å². The van der Waals surface area contributed by atoms with Crippen LogP contribution in [0.1, 0.15) is 30.5 Å². The van der Waals surface area contributed by atoms with E-state index in [1.54, 1.807) is 0 Å². The zero-order chi connectivity index (χ0) is 15.9. The Morgan fingerprint density at radius 3 is 2.18 bits per heavy atom. The Balaban J connectivity index is 1.81. The minimum Gasteiger partial charge on any atom is -0.491 e. The van der Waals surface area contributed by atoms with Crippen molar-refractivity contribution in [3.05, 3.63) is 65.2 Å². The molecule has 0 bridgehead atoms. The molecule has 2 aromatic carbocycles. The molecule has 116 valence electrons. The molecule has 22 heavy (non-hydrogen) atoms. The first-order valence-electron chi connectivity index (χ1n) is 7.61. The van der Waals surface area contributed by atoms with Crippen molar-refractivity contribution in [2.24, 2.45) is 0 Å². The van der Waals surface area contributed by atoms with Gasteiger partial charge < -0.3 is 10.1 Å². The summed E-state index contributed by atoms with van der Waals surface area (Å²) >= 11 is 0. The Morgan fingerprint density at radius 2 is 1.59 bits per heavy atom. The van der Waals surface area contributed by atoms with Crippen molar-refractivity contribution in [1.29, 1.82) is 0 Å². The van der Waals surface area contributed by atoms with Crippen LogP contribution < -0.4 is 10.1 Å². The van der Waals surface area contributed by atoms with Gasteiger partial charge in [0.2, 0.25) is 5.91 Å². The molecular weight excluding hydrogens is 274 g/mol. The molecule has 0 aliphatic rings. The minimum atomic E-state index is 0.0337. The highest BCUT2D eigenvalue weighted by atomic mass is 16.5. The summed E-state index contributed by atoms with van der Waals surface area (Å²) in [5.74, 6) is 0.885. The van der Waals surface area contributed by atoms with Gasteiger partial charge >= 0.3 is 0 Å².